The molecule has 2 aromatic rings. The SMILES string of the molecule is Cc1c(NS(=O)(=O)c2ccccc2)cccc1C(=O)NCCC(C)C. The molecule has 2 N–H and O–H groups in total. The normalized spacial score (nSPS) is 11.4. The van der Waals surface area contributed by atoms with Crippen LogP contribution in [0.1, 0.15) is 36.2 Å². The Kier molecular flexibility index (Phi) is 6.20. The summed E-state index contributed by atoms with van der Waals surface area (Å²) in [7, 11) is -3.69. The van der Waals surface area contributed by atoms with Gasteiger partial charge in [0.1, 0.15) is 0 Å². The van der Waals surface area contributed by atoms with Gasteiger partial charge >= 0.3 is 0 Å². The highest BCUT2D eigenvalue weighted by molar-refractivity contribution is 7.92. The minimum Gasteiger partial charge on any atom is -0.352 e. The molecule has 1 amide bonds. The van der Waals surface area contributed by atoms with Gasteiger partial charge in [0, 0.05) is 12.1 Å². The maximum absolute atomic E-state index is 12.5. The molecule has 0 saturated carbocycles. The summed E-state index contributed by atoms with van der Waals surface area (Å²) >= 11 is 0. The second-order valence-corrected chi connectivity index (χ2v) is 8.02. The number of sulfonamides is 1. The Hall–Kier alpha value is -2.34. The highest BCUT2D eigenvalue weighted by Gasteiger charge is 2.17. The van der Waals surface area contributed by atoms with Gasteiger partial charge in [0.15, 0.2) is 0 Å². The first kappa shape index (κ1) is 19.0. The lowest BCUT2D eigenvalue weighted by Gasteiger charge is -2.14. The molecule has 0 radical (unpaired) electrons. The third-order valence-electron chi connectivity index (χ3n) is 3.88. The van der Waals surface area contributed by atoms with Crippen LogP contribution < -0.4 is 10.0 Å². The highest BCUT2D eigenvalue weighted by Crippen LogP contribution is 2.22. The first-order valence-electron chi connectivity index (χ1n) is 8.27. The standard InChI is InChI=1S/C19H24N2O3S/c1-14(2)12-13-20-19(22)17-10-7-11-18(15(17)3)21-25(23,24)16-8-5-4-6-9-16/h4-11,14,21H,12-13H2,1-3H3,(H,20,22). The lowest BCUT2D eigenvalue weighted by molar-refractivity contribution is 0.0951. The molecule has 0 spiro atoms. The molecule has 0 aliphatic rings. The van der Waals surface area contributed by atoms with Gasteiger partial charge in [0.05, 0.1) is 10.6 Å². The number of hydrogen-bond acceptors (Lipinski definition) is 3. The zero-order valence-corrected chi connectivity index (χ0v) is 15.6. The van der Waals surface area contributed by atoms with Crippen molar-refractivity contribution in [3.05, 3.63) is 59.7 Å². The largest absolute Gasteiger partial charge is 0.352 e. The molecule has 25 heavy (non-hydrogen) atoms. The topological polar surface area (TPSA) is 75.3 Å². The van der Waals surface area contributed by atoms with Gasteiger partial charge in [-0.1, -0.05) is 38.1 Å². The van der Waals surface area contributed by atoms with E-state index in [9.17, 15) is 13.2 Å². The van der Waals surface area contributed by atoms with Crippen molar-refractivity contribution in [2.75, 3.05) is 11.3 Å². The number of rotatable bonds is 7. The lowest BCUT2D eigenvalue weighted by Crippen LogP contribution is -2.26. The summed E-state index contributed by atoms with van der Waals surface area (Å²) in [5.74, 6) is 0.310. The fourth-order valence-corrected chi connectivity index (χ4v) is 3.51. The third kappa shape index (κ3) is 5.06. The molecule has 0 heterocycles. The van der Waals surface area contributed by atoms with Gasteiger partial charge in [0.25, 0.3) is 15.9 Å². The third-order valence-corrected chi connectivity index (χ3v) is 5.26. The quantitative estimate of drug-likeness (QED) is 0.792. The molecule has 0 aliphatic carbocycles. The van der Waals surface area contributed by atoms with Crippen molar-refractivity contribution in [1.82, 2.24) is 5.32 Å². The maximum atomic E-state index is 12.5. The van der Waals surface area contributed by atoms with Gasteiger partial charge in [-0.3, -0.25) is 9.52 Å². The van der Waals surface area contributed by atoms with E-state index in [2.05, 4.69) is 23.9 Å². The van der Waals surface area contributed by atoms with Crippen molar-refractivity contribution in [2.24, 2.45) is 5.92 Å². The summed E-state index contributed by atoms with van der Waals surface area (Å²) < 4.78 is 27.5. The number of anilines is 1. The molecule has 0 atom stereocenters. The zero-order valence-electron chi connectivity index (χ0n) is 14.7. The lowest BCUT2D eigenvalue weighted by atomic mass is 10.1. The highest BCUT2D eigenvalue weighted by atomic mass is 32.2. The molecule has 0 bridgehead atoms. The number of hydrogen-bond donors (Lipinski definition) is 2. The predicted octanol–water partition coefficient (Wildman–Crippen LogP) is 3.57. The van der Waals surface area contributed by atoms with Crippen LogP contribution in [0.5, 0.6) is 0 Å². The van der Waals surface area contributed by atoms with Gasteiger partial charge < -0.3 is 5.32 Å². The van der Waals surface area contributed by atoms with E-state index in [1.165, 1.54) is 12.1 Å². The Balaban J connectivity index is 2.19. The second kappa shape index (κ2) is 8.16. The van der Waals surface area contributed by atoms with Crippen molar-refractivity contribution in [2.45, 2.75) is 32.1 Å². The fourth-order valence-electron chi connectivity index (χ4n) is 2.37. The van der Waals surface area contributed by atoms with Gasteiger partial charge in [-0.25, -0.2) is 8.42 Å². The van der Waals surface area contributed by atoms with Crippen LogP contribution in [-0.2, 0) is 10.0 Å². The Morgan fingerprint density at radius 2 is 1.72 bits per heavy atom. The van der Waals surface area contributed by atoms with Crippen LogP contribution in [0.15, 0.2) is 53.4 Å². The van der Waals surface area contributed by atoms with Crippen LogP contribution in [-0.4, -0.2) is 20.9 Å². The molecule has 0 aliphatic heterocycles. The van der Waals surface area contributed by atoms with Crippen molar-refractivity contribution >= 4 is 21.6 Å². The van der Waals surface area contributed by atoms with Crippen LogP contribution in [0.25, 0.3) is 0 Å². The average Bonchev–Trinajstić information content (AvgIpc) is 2.57. The smallest absolute Gasteiger partial charge is 0.261 e. The van der Waals surface area contributed by atoms with E-state index in [0.717, 1.165) is 6.42 Å². The van der Waals surface area contributed by atoms with Crippen LogP contribution in [0.2, 0.25) is 0 Å². The van der Waals surface area contributed by atoms with Crippen molar-refractivity contribution < 1.29 is 13.2 Å². The summed E-state index contributed by atoms with van der Waals surface area (Å²) in [6.07, 6.45) is 0.894. The zero-order chi connectivity index (χ0) is 18.4. The van der Waals surface area contributed by atoms with E-state index in [4.69, 9.17) is 0 Å². The second-order valence-electron chi connectivity index (χ2n) is 6.34. The molecule has 0 unspecified atom stereocenters. The number of carbonyl (C=O) groups excluding carboxylic acids is 1. The molecular weight excluding hydrogens is 336 g/mol. The van der Waals surface area contributed by atoms with E-state index in [1.54, 1.807) is 43.3 Å². The van der Waals surface area contributed by atoms with Gasteiger partial charge in [-0.15, -0.1) is 0 Å². The monoisotopic (exact) mass is 360 g/mol. The number of benzene rings is 2. The molecule has 6 heteroatoms. The summed E-state index contributed by atoms with van der Waals surface area (Å²) in [5, 5.41) is 2.88. The van der Waals surface area contributed by atoms with Crippen molar-refractivity contribution in [3.63, 3.8) is 0 Å². The van der Waals surface area contributed by atoms with E-state index >= 15 is 0 Å². The summed E-state index contributed by atoms with van der Waals surface area (Å²) in [6.45, 7) is 6.52. The first-order chi connectivity index (χ1) is 11.8. The van der Waals surface area contributed by atoms with Crippen LogP contribution in [0.4, 0.5) is 5.69 Å². The average molecular weight is 360 g/mol. The molecule has 134 valence electrons. The summed E-state index contributed by atoms with van der Waals surface area (Å²) in [5.41, 5.74) is 1.47. The van der Waals surface area contributed by atoms with Crippen LogP contribution in [0.3, 0.4) is 0 Å². The Bertz CT molecular complexity index is 831. The molecule has 0 saturated heterocycles. The van der Waals surface area contributed by atoms with E-state index in [0.29, 0.717) is 29.3 Å². The first-order valence-corrected chi connectivity index (χ1v) is 9.75. The predicted molar refractivity (Wildman–Crippen MR) is 100 cm³/mol. The minimum absolute atomic E-state index is 0.182. The van der Waals surface area contributed by atoms with Gasteiger partial charge in [-0.05, 0) is 49.1 Å². The number of amides is 1. The summed E-state index contributed by atoms with van der Waals surface area (Å²) in [4.78, 5) is 12.5. The fraction of sp³-hybridized carbons (Fsp3) is 0.316. The molecule has 5 nitrogen and oxygen atoms in total. The minimum atomic E-state index is -3.69. The van der Waals surface area contributed by atoms with Crippen LogP contribution in [0, 0.1) is 12.8 Å². The Morgan fingerprint density at radius 1 is 1.04 bits per heavy atom. The Morgan fingerprint density at radius 3 is 2.36 bits per heavy atom. The van der Waals surface area contributed by atoms with Gasteiger partial charge in [-0.2, -0.15) is 0 Å². The molecule has 0 aromatic heterocycles. The van der Waals surface area contributed by atoms with E-state index in [-0.39, 0.29) is 10.8 Å². The Labute approximate surface area is 149 Å². The van der Waals surface area contributed by atoms with E-state index < -0.39 is 10.0 Å². The number of nitrogens with one attached hydrogen (secondary N) is 2. The maximum Gasteiger partial charge on any atom is 0.261 e. The molecule has 0 fully saturated rings. The van der Waals surface area contributed by atoms with Crippen molar-refractivity contribution in [1.29, 1.82) is 0 Å². The van der Waals surface area contributed by atoms with Crippen molar-refractivity contribution in [3.8, 4) is 0 Å². The van der Waals surface area contributed by atoms with Crippen LogP contribution >= 0.6 is 0 Å². The van der Waals surface area contributed by atoms with E-state index in [1.807, 2.05) is 0 Å². The molecule has 2 rings (SSSR count). The molecule has 2 aromatic carbocycles. The number of carbonyl (C=O) groups is 1. The summed E-state index contributed by atoms with van der Waals surface area (Å²) in [6, 6.07) is 13.2. The molecular formula is C19H24N2O3S. The van der Waals surface area contributed by atoms with Gasteiger partial charge in [0.2, 0.25) is 0 Å².